The van der Waals surface area contributed by atoms with E-state index in [0.29, 0.717) is 37.3 Å². The summed E-state index contributed by atoms with van der Waals surface area (Å²) in [5.74, 6) is 0.712. The minimum Gasteiger partial charge on any atom is -0.444 e. The lowest BCUT2D eigenvalue weighted by molar-refractivity contribution is 0.0250. The maximum absolute atomic E-state index is 13.4. The smallest absolute Gasteiger partial charge is 0.410 e. The lowest BCUT2D eigenvalue weighted by Gasteiger charge is -2.30. The molecule has 0 unspecified atom stereocenters. The zero-order chi connectivity index (χ0) is 30.6. The first kappa shape index (κ1) is 30.8. The minimum atomic E-state index is -0.597. The van der Waals surface area contributed by atoms with Crippen LogP contribution in [-0.4, -0.2) is 67.5 Å². The van der Waals surface area contributed by atoms with Gasteiger partial charge in [0.25, 0.3) is 0 Å². The average Bonchev–Trinajstić information content (AvgIpc) is 3.70. The SMILES string of the molecule is CC(C)(C)OC(=O)N(CCCN(C[C@@H]1CC[C@H](n2ccc3c(N)ncnc32)C1)c1cn[nH]c1Br)CCc1ccc(F)cc1. The van der Waals surface area contributed by atoms with Crippen LogP contribution in [-0.2, 0) is 11.2 Å². The van der Waals surface area contributed by atoms with E-state index in [1.54, 1.807) is 17.0 Å². The summed E-state index contributed by atoms with van der Waals surface area (Å²) in [5, 5.41) is 8.13. The molecule has 1 aromatic carbocycles. The van der Waals surface area contributed by atoms with Crippen LogP contribution in [0.3, 0.4) is 0 Å². The molecule has 1 aliphatic carbocycles. The Kier molecular flexibility index (Phi) is 9.53. The maximum Gasteiger partial charge on any atom is 0.410 e. The van der Waals surface area contributed by atoms with Gasteiger partial charge in [-0.25, -0.2) is 19.2 Å². The monoisotopic (exact) mass is 654 g/mol. The Morgan fingerprint density at radius 1 is 1.16 bits per heavy atom. The third-order valence-electron chi connectivity index (χ3n) is 7.93. The lowest BCUT2D eigenvalue weighted by atomic mass is 10.1. The van der Waals surface area contributed by atoms with Crippen LogP contribution in [0.2, 0.25) is 0 Å². The quantitative estimate of drug-likeness (QED) is 0.193. The Bertz CT molecular complexity index is 1520. The molecule has 3 N–H and O–H groups in total. The second-order valence-electron chi connectivity index (χ2n) is 12.3. The molecule has 2 atom stereocenters. The van der Waals surface area contributed by atoms with Crippen molar-refractivity contribution in [2.24, 2.45) is 5.92 Å². The molecular weight excluding hydrogens is 615 g/mol. The van der Waals surface area contributed by atoms with Crippen LogP contribution in [0.5, 0.6) is 0 Å². The third-order valence-corrected chi connectivity index (χ3v) is 8.52. The van der Waals surface area contributed by atoms with Gasteiger partial charge in [-0.05, 0) is 98.5 Å². The van der Waals surface area contributed by atoms with E-state index in [1.165, 1.54) is 18.5 Å². The highest BCUT2D eigenvalue weighted by Crippen LogP contribution is 2.38. The topological polar surface area (TPSA) is 118 Å². The Hall–Kier alpha value is -3.67. The van der Waals surface area contributed by atoms with Crippen LogP contribution in [0.1, 0.15) is 58.1 Å². The summed E-state index contributed by atoms with van der Waals surface area (Å²) in [5.41, 5.74) is 8.33. The highest BCUT2D eigenvalue weighted by Gasteiger charge is 2.30. The largest absolute Gasteiger partial charge is 0.444 e. The molecule has 0 bridgehead atoms. The number of carbonyl (C=O) groups is 1. The van der Waals surface area contributed by atoms with Crippen LogP contribution in [0.4, 0.5) is 20.7 Å². The standard InChI is InChI=1S/C31H40BrFN8O2/c1-31(2,3)43-30(42)39(15-11-21-5-8-23(33)9-6-21)13-4-14-40(26-18-37-38-27(26)32)19-22-7-10-24(17-22)41-16-12-25-28(34)35-20-36-29(25)41/h5-6,8-9,12,16,18,20,22,24H,4,7,10-11,13-15,17,19H2,1-3H3,(H,37,38)(H2,34,35,36)/t22-,24+/m1/s1. The van der Waals surface area contributed by atoms with E-state index in [1.807, 2.05) is 33.0 Å². The van der Waals surface area contributed by atoms with Crippen molar-refractivity contribution in [3.05, 3.63) is 65.0 Å². The summed E-state index contributed by atoms with van der Waals surface area (Å²) < 4.78 is 22.2. The molecule has 0 radical (unpaired) electrons. The van der Waals surface area contributed by atoms with E-state index in [2.05, 4.69) is 51.8 Å². The van der Waals surface area contributed by atoms with Crippen molar-refractivity contribution in [2.45, 2.75) is 64.5 Å². The number of benzene rings is 1. The molecule has 5 rings (SSSR count). The number of aromatic amines is 1. The number of nitrogens with two attached hydrogens (primary N) is 1. The summed E-state index contributed by atoms with van der Waals surface area (Å²) in [6.07, 6.45) is 9.65. The van der Waals surface area contributed by atoms with Crippen molar-refractivity contribution in [1.29, 1.82) is 0 Å². The van der Waals surface area contributed by atoms with Gasteiger partial charge in [-0.1, -0.05) is 12.1 Å². The Labute approximate surface area is 259 Å². The normalized spacial score (nSPS) is 17.0. The zero-order valence-corrected chi connectivity index (χ0v) is 26.6. The van der Waals surface area contributed by atoms with E-state index >= 15 is 0 Å². The van der Waals surface area contributed by atoms with E-state index in [-0.39, 0.29) is 11.9 Å². The second-order valence-corrected chi connectivity index (χ2v) is 13.1. The molecular formula is C31H40BrFN8O2. The molecule has 1 amide bonds. The zero-order valence-electron chi connectivity index (χ0n) is 25.0. The molecule has 0 aliphatic heterocycles. The van der Waals surface area contributed by atoms with Gasteiger partial charge in [0.2, 0.25) is 0 Å². The second kappa shape index (κ2) is 13.3. The minimum absolute atomic E-state index is 0.271. The Balaban J connectivity index is 1.23. The first-order chi connectivity index (χ1) is 20.6. The molecule has 1 aliphatic rings. The molecule has 1 fully saturated rings. The van der Waals surface area contributed by atoms with Crippen molar-refractivity contribution in [3.8, 4) is 0 Å². The Morgan fingerprint density at radius 2 is 1.95 bits per heavy atom. The first-order valence-corrected chi connectivity index (χ1v) is 15.6. The van der Waals surface area contributed by atoms with Crippen LogP contribution in [0, 0.1) is 11.7 Å². The van der Waals surface area contributed by atoms with Gasteiger partial charge in [0.1, 0.15) is 33.8 Å². The van der Waals surface area contributed by atoms with E-state index in [0.717, 1.165) is 65.7 Å². The summed E-state index contributed by atoms with van der Waals surface area (Å²) in [6, 6.07) is 8.76. The fraction of sp³-hybridized carbons (Fsp3) is 0.484. The molecule has 230 valence electrons. The summed E-state index contributed by atoms with van der Waals surface area (Å²) in [4.78, 5) is 25.9. The maximum atomic E-state index is 13.4. The molecule has 3 aromatic heterocycles. The van der Waals surface area contributed by atoms with Crippen molar-refractivity contribution in [2.75, 3.05) is 36.8 Å². The number of aromatic nitrogens is 5. The van der Waals surface area contributed by atoms with Crippen molar-refractivity contribution in [3.63, 3.8) is 0 Å². The van der Waals surface area contributed by atoms with E-state index in [4.69, 9.17) is 10.5 Å². The highest BCUT2D eigenvalue weighted by atomic mass is 79.9. The predicted molar refractivity (Wildman–Crippen MR) is 169 cm³/mol. The lowest BCUT2D eigenvalue weighted by Crippen LogP contribution is -2.40. The molecule has 43 heavy (non-hydrogen) atoms. The van der Waals surface area contributed by atoms with Gasteiger partial charge in [0.15, 0.2) is 0 Å². The van der Waals surface area contributed by atoms with Crippen LogP contribution in [0.15, 0.2) is 53.7 Å². The average molecular weight is 656 g/mol. The van der Waals surface area contributed by atoms with Gasteiger partial charge in [-0.3, -0.25) is 5.10 Å². The van der Waals surface area contributed by atoms with Gasteiger partial charge < -0.3 is 24.8 Å². The van der Waals surface area contributed by atoms with Gasteiger partial charge in [0.05, 0.1) is 17.3 Å². The van der Waals surface area contributed by atoms with Gasteiger partial charge >= 0.3 is 6.09 Å². The predicted octanol–water partition coefficient (Wildman–Crippen LogP) is 6.36. The summed E-state index contributed by atoms with van der Waals surface area (Å²) in [6.45, 7) is 8.24. The fourth-order valence-electron chi connectivity index (χ4n) is 5.85. The highest BCUT2D eigenvalue weighted by molar-refractivity contribution is 9.10. The number of amides is 1. The van der Waals surface area contributed by atoms with E-state index in [9.17, 15) is 9.18 Å². The summed E-state index contributed by atoms with van der Waals surface area (Å²) >= 11 is 3.63. The Morgan fingerprint density at radius 3 is 2.67 bits per heavy atom. The van der Waals surface area contributed by atoms with Gasteiger partial charge in [0, 0.05) is 38.4 Å². The number of nitrogens with one attached hydrogen (secondary N) is 1. The molecule has 0 saturated heterocycles. The number of ether oxygens (including phenoxy) is 1. The van der Waals surface area contributed by atoms with Crippen LogP contribution in [0.25, 0.3) is 11.0 Å². The number of nitrogen functional groups attached to an aromatic ring is 1. The number of hydrogen-bond acceptors (Lipinski definition) is 7. The first-order valence-electron chi connectivity index (χ1n) is 14.8. The number of anilines is 2. The van der Waals surface area contributed by atoms with Crippen LogP contribution >= 0.6 is 15.9 Å². The third kappa shape index (κ3) is 7.84. The number of H-pyrrole nitrogens is 1. The molecule has 1 saturated carbocycles. The molecule has 4 aromatic rings. The van der Waals surface area contributed by atoms with Crippen LogP contribution < -0.4 is 10.6 Å². The number of rotatable bonds is 11. The number of halogens is 2. The van der Waals surface area contributed by atoms with Crippen molar-refractivity contribution >= 4 is 44.6 Å². The molecule has 12 heteroatoms. The van der Waals surface area contributed by atoms with Gasteiger partial charge in [-0.15, -0.1) is 0 Å². The van der Waals surface area contributed by atoms with Crippen molar-refractivity contribution in [1.82, 2.24) is 29.6 Å². The van der Waals surface area contributed by atoms with Gasteiger partial charge in [-0.2, -0.15) is 5.10 Å². The van der Waals surface area contributed by atoms with Crippen molar-refractivity contribution < 1.29 is 13.9 Å². The molecule has 10 nitrogen and oxygen atoms in total. The number of hydrogen-bond donors (Lipinski definition) is 2. The molecule has 0 spiro atoms. The fourth-order valence-corrected chi connectivity index (χ4v) is 6.30. The number of fused-ring (bicyclic) bond motifs is 1. The van der Waals surface area contributed by atoms with E-state index < -0.39 is 5.60 Å². The number of carbonyl (C=O) groups excluding carboxylic acids is 1. The molecule has 3 heterocycles. The summed E-state index contributed by atoms with van der Waals surface area (Å²) in [7, 11) is 0. The number of nitrogens with zero attached hydrogens (tertiary/aromatic N) is 6.